The minimum Gasteiger partial charge on any atom is -0.348 e. The minimum absolute atomic E-state index is 0.101. The summed E-state index contributed by atoms with van der Waals surface area (Å²) in [5.41, 5.74) is -0.194. The van der Waals surface area contributed by atoms with Gasteiger partial charge in [0.25, 0.3) is 0 Å². The van der Waals surface area contributed by atoms with E-state index in [0.29, 0.717) is 11.7 Å². The Kier molecular flexibility index (Phi) is 3.65. The Labute approximate surface area is 110 Å². The van der Waals surface area contributed by atoms with Crippen molar-refractivity contribution in [3.05, 3.63) is 21.6 Å². The highest BCUT2D eigenvalue weighted by atomic mass is 35.5. The minimum atomic E-state index is -0.510. The maximum Gasteiger partial charge on any atom is 0.348 e. The molecule has 2 rings (SSSR count). The second-order valence-electron chi connectivity index (χ2n) is 4.65. The van der Waals surface area contributed by atoms with E-state index in [4.69, 9.17) is 11.6 Å². The average molecular weight is 271 g/mol. The molecule has 1 aromatic heterocycles. The van der Waals surface area contributed by atoms with E-state index in [1.807, 2.05) is 4.90 Å². The molecule has 0 amide bonds. The lowest BCUT2D eigenvalue weighted by Gasteiger charge is -2.38. The second-order valence-corrected chi connectivity index (χ2v) is 5.01. The Morgan fingerprint density at radius 1 is 1.50 bits per heavy atom. The van der Waals surface area contributed by atoms with Crippen LogP contribution < -0.4 is 4.90 Å². The first-order valence-electron chi connectivity index (χ1n) is 5.94. The van der Waals surface area contributed by atoms with Gasteiger partial charge in [-0.1, -0.05) is 18.5 Å². The monoisotopic (exact) mass is 270 g/mol. The molecule has 2 atom stereocenters. The summed E-state index contributed by atoms with van der Waals surface area (Å²) in [5, 5.41) is 11.0. The quantitative estimate of drug-likeness (QED) is 0.469. The van der Waals surface area contributed by atoms with Gasteiger partial charge in [0.2, 0.25) is 11.0 Å². The molecule has 98 valence electrons. The molecule has 1 fully saturated rings. The van der Waals surface area contributed by atoms with Gasteiger partial charge < -0.3 is 4.90 Å². The van der Waals surface area contributed by atoms with Crippen molar-refractivity contribution in [3.8, 4) is 0 Å². The third kappa shape index (κ3) is 2.25. The largest absolute Gasteiger partial charge is 0.348 e. The van der Waals surface area contributed by atoms with E-state index in [-0.39, 0.29) is 16.9 Å². The lowest BCUT2D eigenvalue weighted by molar-refractivity contribution is -0.384. The van der Waals surface area contributed by atoms with Crippen molar-refractivity contribution in [2.24, 2.45) is 5.92 Å². The van der Waals surface area contributed by atoms with E-state index in [1.54, 1.807) is 0 Å². The van der Waals surface area contributed by atoms with Crippen molar-refractivity contribution in [1.82, 2.24) is 9.97 Å². The van der Waals surface area contributed by atoms with Crippen molar-refractivity contribution in [1.29, 1.82) is 0 Å². The molecule has 2 unspecified atom stereocenters. The van der Waals surface area contributed by atoms with Crippen LogP contribution in [0.5, 0.6) is 0 Å². The standard InChI is InChI=1S/C11H15ClN4O2/c1-7-4-3-5-15(8(7)2)11-9(16(17)18)10(12)13-6-14-11/h6-8H,3-5H2,1-2H3. The molecule has 1 aliphatic heterocycles. The molecule has 0 spiro atoms. The van der Waals surface area contributed by atoms with Gasteiger partial charge in [0.05, 0.1) is 4.92 Å². The summed E-state index contributed by atoms with van der Waals surface area (Å²) in [5.74, 6) is 0.811. The highest BCUT2D eigenvalue weighted by Gasteiger charge is 2.32. The van der Waals surface area contributed by atoms with E-state index < -0.39 is 4.92 Å². The molecule has 1 saturated heterocycles. The zero-order valence-corrected chi connectivity index (χ0v) is 11.1. The van der Waals surface area contributed by atoms with Gasteiger partial charge in [-0.2, -0.15) is 0 Å². The number of nitro groups is 1. The van der Waals surface area contributed by atoms with Crippen LogP contribution >= 0.6 is 11.6 Å². The van der Waals surface area contributed by atoms with Crippen LogP contribution in [0.2, 0.25) is 5.15 Å². The number of anilines is 1. The highest BCUT2D eigenvalue weighted by Crippen LogP contribution is 2.35. The van der Waals surface area contributed by atoms with Crippen molar-refractivity contribution in [2.75, 3.05) is 11.4 Å². The molecule has 7 heteroatoms. The molecule has 18 heavy (non-hydrogen) atoms. The molecule has 0 radical (unpaired) electrons. The number of hydrogen-bond donors (Lipinski definition) is 0. The molecule has 1 aromatic rings. The molecule has 0 aromatic carbocycles. The fraction of sp³-hybridized carbons (Fsp3) is 0.636. The smallest absolute Gasteiger partial charge is 0.348 e. The number of piperidine rings is 1. The lowest BCUT2D eigenvalue weighted by Crippen LogP contribution is -2.43. The fourth-order valence-electron chi connectivity index (χ4n) is 2.35. The number of aromatic nitrogens is 2. The van der Waals surface area contributed by atoms with Gasteiger partial charge in [0.1, 0.15) is 6.33 Å². The third-order valence-corrected chi connectivity index (χ3v) is 3.86. The molecule has 0 N–H and O–H groups in total. The molecule has 0 bridgehead atoms. The summed E-state index contributed by atoms with van der Waals surface area (Å²) >= 11 is 5.81. The normalized spacial score (nSPS) is 24.1. The van der Waals surface area contributed by atoms with Gasteiger partial charge in [-0.15, -0.1) is 0 Å². The highest BCUT2D eigenvalue weighted by molar-refractivity contribution is 6.31. The fourth-order valence-corrected chi connectivity index (χ4v) is 2.55. The van der Waals surface area contributed by atoms with Crippen molar-refractivity contribution < 1.29 is 4.92 Å². The van der Waals surface area contributed by atoms with Gasteiger partial charge in [0, 0.05) is 12.6 Å². The molecule has 0 aliphatic carbocycles. The van der Waals surface area contributed by atoms with E-state index in [0.717, 1.165) is 19.4 Å². The molecular formula is C11H15ClN4O2. The summed E-state index contributed by atoms with van der Waals surface area (Å²) in [4.78, 5) is 20.3. The van der Waals surface area contributed by atoms with Gasteiger partial charge in [-0.05, 0) is 25.7 Å². The Morgan fingerprint density at radius 2 is 2.22 bits per heavy atom. The Morgan fingerprint density at radius 3 is 2.89 bits per heavy atom. The molecule has 1 aliphatic rings. The molecular weight excluding hydrogens is 256 g/mol. The zero-order valence-electron chi connectivity index (χ0n) is 10.3. The first-order chi connectivity index (χ1) is 8.52. The van der Waals surface area contributed by atoms with Gasteiger partial charge in [-0.25, -0.2) is 9.97 Å². The van der Waals surface area contributed by atoms with Crippen LogP contribution in [0.25, 0.3) is 0 Å². The van der Waals surface area contributed by atoms with Crippen LogP contribution in [-0.4, -0.2) is 27.5 Å². The van der Waals surface area contributed by atoms with E-state index in [2.05, 4.69) is 23.8 Å². The lowest BCUT2D eigenvalue weighted by atomic mass is 9.92. The first-order valence-corrected chi connectivity index (χ1v) is 6.31. The van der Waals surface area contributed by atoms with Gasteiger partial charge in [0.15, 0.2) is 0 Å². The summed E-state index contributed by atoms with van der Waals surface area (Å²) in [7, 11) is 0. The summed E-state index contributed by atoms with van der Waals surface area (Å²) in [6, 6.07) is 0.211. The number of halogens is 1. The summed E-state index contributed by atoms with van der Waals surface area (Å²) in [6.07, 6.45) is 3.41. The Balaban J connectivity index is 2.44. The maximum atomic E-state index is 11.1. The van der Waals surface area contributed by atoms with Crippen LogP contribution in [0, 0.1) is 16.0 Å². The predicted molar refractivity (Wildman–Crippen MR) is 68.9 cm³/mol. The summed E-state index contributed by atoms with van der Waals surface area (Å²) in [6.45, 7) is 4.97. The topological polar surface area (TPSA) is 72.2 Å². The molecule has 6 nitrogen and oxygen atoms in total. The van der Waals surface area contributed by atoms with E-state index >= 15 is 0 Å². The third-order valence-electron chi connectivity index (χ3n) is 3.59. The zero-order chi connectivity index (χ0) is 13.3. The molecule has 0 saturated carbocycles. The first kappa shape index (κ1) is 13.0. The van der Waals surface area contributed by atoms with Crippen molar-refractivity contribution in [3.63, 3.8) is 0 Å². The van der Waals surface area contributed by atoms with E-state index in [1.165, 1.54) is 6.33 Å². The Hall–Kier alpha value is -1.43. The Bertz CT molecular complexity index is 468. The van der Waals surface area contributed by atoms with Crippen LogP contribution in [0.1, 0.15) is 26.7 Å². The van der Waals surface area contributed by atoms with Crippen LogP contribution in [0.4, 0.5) is 11.5 Å². The SMILES string of the molecule is CC1CCCN(c2ncnc(Cl)c2[N+](=O)[O-])C1C. The predicted octanol–water partition coefficient (Wildman–Crippen LogP) is 2.66. The van der Waals surface area contributed by atoms with E-state index in [9.17, 15) is 10.1 Å². The van der Waals surface area contributed by atoms with Gasteiger partial charge >= 0.3 is 5.69 Å². The number of nitrogens with zero attached hydrogens (tertiary/aromatic N) is 4. The van der Waals surface area contributed by atoms with Gasteiger partial charge in [-0.3, -0.25) is 10.1 Å². The van der Waals surface area contributed by atoms with Crippen LogP contribution in [0.15, 0.2) is 6.33 Å². The average Bonchev–Trinajstić information content (AvgIpc) is 2.32. The van der Waals surface area contributed by atoms with Crippen LogP contribution in [0.3, 0.4) is 0 Å². The number of hydrogen-bond acceptors (Lipinski definition) is 5. The second kappa shape index (κ2) is 5.06. The number of rotatable bonds is 2. The van der Waals surface area contributed by atoms with Crippen molar-refractivity contribution >= 4 is 23.1 Å². The molecule has 2 heterocycles. The summed E-state index contributed by atoms with van der Waals surface area (Å²) < 4.78 is 0. The maximum absolute atomic E-state index is 11.1. The van der Waals surface area contributed by atoms with Crippen molar-refractivity contribution in [2.45, 2.75) is 32.7 Å². The van der Waals surface area contributed by atoms with Crippen LogP contribution in [-0.2, 0) is 0 Å².